The van der Waals surface area contributed by atoms with Crippen molar-refractivity contribution in [3.63, 3.8) is 0 Å². The largest absolute Gasteiger partial charge is 0.395 e. The van der Waals surface area contributed by atoms with Crippen LogP contribution in [0.15, 0.2) is 36.4 Å². The van der Waals surface area contributed by atoms with E-state index in [0.29, 0.717) is 11.4 Å². The Hall–Kier alpha value is -1.49. The van der Waals surface area contributed by atoms with Crippen molar-refractivity contribution in [2.75, 3.05) is 6.61 Å². The Labute approximate surface area is 99.7 Å². The van der Waals surface area contributed by atoms with Crippen LogP contribution in [0.2, 0.25) is 5.02 Å². The van der Waals surface area contributed by atoms with E-state index in [-0.39, 0.29) is 6.61 Å². The molecule has 0 heterocycles. The molecule has 2 aromatic carbocycles. The van der Waals surface area contributed by atoms with Crippen molar-refractivity contribution in [3.05, 3.63) is 47.0 Å². The Morgan fingerprint density at radius 3 is 2.62 bits per heavy atom. The summed E-state index contributed by atoms with van der Waals surface area (Å²) < 4.78 is 0. The maximum absolute atomic E-state index is 8.68. The topological polar surface area (TPSA) is 20.2 Å². The minimum atomic E-state index is 0.0888. The molecule has 2 rings (SSSR count). The summed E-state index contributed by atoms with van der Waals surface area (Å²) in [5, 5.41) is 11.5. The molecule has 16 heavy (non-hydrogen) atoms. The van der Waals surface area contributed by atoms with Gasteiger partial charge in [0.05, 0.1) is 6.61 Å². The second-order valence-electron chi connectivity index (χ2n) is 3.42. The number of benzene rings is 2. The lowest BCUT2D eigenvalue weighted by Gasteiger charge is -2.02. The van der Waals surface area contributed by atoms with E-state index in [4.69, 9.17) is 16.7 Å². The first-order valence-electron chi connectivity index (χ1n) is 5.10. The summed E-state index contributed by atoms with van der Waals surface area (Å²) in [5.41, 5.74) is 0.913. The molecule has 0 bridgehead atoms. The summed E-state index contributed by atoms with van der Waals surface area (Å²) in [6.07, 6.45) is 0.487. The van der Waals surface area contributed by atoms with Crippen molar-refractivity contribution < 1.29 is 5.11 Å². The molecule has 0 fully saturated rings. The van der Waals surface area contributed by atoms with Crippen molar-refractivity contribution in [2.24, 2.45) is 0 Å². The number of rotatable bonds is 1. The molecule has 80 valence electrons. The molecule has 2 heteroatoms. The van der Waals surface area contributed by atoms with Crippen LogP contribution in [-0.2, 0) is 0 Å². The van der Waals surface area contributed by atoms with Crippen LogP contribution in [0.5, 0.6) is 0 Å². The highest BCUT2D eigenvalue weighted by Crippen LogP contribution is 2.26. The lowest BCUT2D eigenvalue weighted by molar-refractivity contribution is 0.305. The average Bonchev–Trinajstić information content (AvgIpc) is 2.30. The van der Waals surface area contributed by atoms with Crippen LogP contribution in [0, 0.1) is 11.8 Å². The lowest BCUT2D eigenvalue weighted by Crippen LogP contribution is -1.82. The number of hydrogen-bond donors (Lipinski definition) is 1. The number of hydrogen-bond acceptors (Lipinski definition) is 1. The number of aliphatic hydroxyl groups excluding tert-OH is 1. The smallest absolute Gasteiger partial charge is 0.0540 e. The van der Waals surface area contributed by atoms with E-state index >= 15 is 0 Å². The Morgan fingerprint density at radius 2 is 1.88 bits per heavy atom. The van der Waals surface area contributed by atoms with Gasteiger partial charge in [-0.2, -0.15) is 0 Å². The van der Waals surface area contributed by atoms with E-state index in [0.717, 1.165) is 16.3 Å². The Bertz CT molecular complexity index is 558. The fraction of sp³-hybridized carbons (Fsp3) is 0.143. The summed E-state index contributed by atoms with van der Waals surface area (Å²) in [4.78, 5) is 0. The predicted octanol–water partition coefficient (Wildman–Crippen LogP) is 3.23. The molecule has 0 radical (unpaired) electrons. The normalized spacial score (nSPS) is 9.88. The second kappa shape index (κ2) is 5.03. The van der Waals surface area contributed by atoms with Gasteiger partial charge in [-0.15, -0.1) is 0 Å². The second-order valence-corrected chi connectivity index (χ2v) is 3.83. The van der Waals surface area contributed by atoms with Crippen LogP contribution in [0.4, 0.5) is 0 Å². The van der Waals surface area contributed by atoms with Gasteiger partial charge in [0.25, 0.3) is 0 Å². The fourth-order valence-corrected chi connectivity index (χ4v) is 1.90. The maximum atomic E-state index is 8.68. The fourth-order valence-electron chi connectivity index (χ4n) is 1.61. The standard InChI is InChI=1S/C14H11ClO/c15-13-9-4-8-12-7-3-6-11(14(12)13)5-1-2-10-16/h3-4,6-9,16H,2,10H2. The van der Waals surface area contributed by atoms with Crippen LogP contribution >= 0.6 is 11.6 Å². The summed E-state index contributed by atoms with van der Waals surface area (Å²) in [6.45, 7) is 0.0888. The van der Waals surface area contributed by atoms with Crippen LogP contribution in [0.3, 0.4) is 0 Å². The van der Waals surface area contributed by atoms with Gasteiger partial charge in [0.15, 0.2) is 0 Å². The summed E-state index contributed by atoms with van der Waals surface area (Å²) in [6, 6.07) is 11.7. The molecule has 0 saturated carbocycles. The minimum absolute atomic E-state index is 0.0888. The Balaban J connectivity index is 2.58. The minimum Gasteiger partial charge on any atom is -0.395 e. The first-order chi connectivity index (χ1) is 7.83. The molecule has 0 atom stereocenters. The van der Waals surface area contributed by atoms with Crippen molar-refractivity contribution in [2.45, 2.75) is 6.42 Å². The van der Waals surface area contributed by atoms with Crippen molar-refractivity contribution >= 4 is 22.4 Å². The highest BCUT2D eigenvalue weighted by molar-refractivity contribution is 6.36. The highest BCUT2D eigenvalue weighted by atomic mass is 35.5. The third kappa shape index (κ3) is 2.19. The van der Waals surface area contributed by atoms with E-state index in [9.17, 15) is 0 Å². The number of halogens is 1. The van der Waals surface area contributed by atoms with Gasteiger partial charge >= 0.3 is 0 Å². The van der Waals surface area contributed by atoms with E-state index in [1.54, 1.807) is 0 Å². The van der Waals surface area contributed by atoms with Crippen LogP contribution in [-0.4, -0.2) is 11.7 Å². The van der Waals surface area contributed by atoms with Gasteiger partial charge in [0, 0.05) is 22.4 Å². The third-order valence-corrected chi connectivity index (χ3v) is 2.63. The molecule has 0 saturated heterocycles. The molecule has 0 aliphatic heterocycles. The predicted molar refractivity (Wildman–Crippen MR) is 67.5 cm³/mol. The molecule has 0 amide bonds. The molecule has 0 aliphatic carbocycles. The Kier molecular flexibility index (Phi) is 3.46. The SMILES string of the molecule is OCCC#Cc1cccc2cccc(Cl)c12. The molecular weight excluding hydrogens is 220 g/mol. The molecule has 1 N–H and O–H groups in total. The quantitative estimate of drug-likeness (QED) is 0.746. The summed E-state index contributed by atoms with van der Waals surface area (Å²) in [7, 11) is 0. The van der Waals surface area contributed by atoms with Crippen molar-refractivity contribution in [1.29, 1.82) is 0 Å². The van der Waals surface area contributed by atoms with Gasteiger partial charge in [-0.05, 0) is 17.5 Å². The van der Waals surface area contributed by atoms with Crippen molar-refractivity contribution in [1.82, 2.24) is 0 Å². The number of aliphatic hydroxyl groups is 1. The number of fused-ring (bicyclic) bond motifs is 1. The van der Waals surface area contributed by atoms with E-state index in [1.165, 1.54) is 0 Å². The zero-order chi connectivity index (χ0) is 11.4. The molecular formula is C14H11ClO. The zero-order valence-electron chi connectivity index (χ0n) is 8.70. The molecule has 0 aromatic heterocycles. The Morgan fingerprint density at radius 1 is 1.12 bits per heavy atom. The van der Waals surface area contributed by atoms with Gasteiger partial charge in [-0.1, -0.05) is 47.7 Å². The van der Waals surface area contributed by atoms with Gasteiger partial charge in [-0.25, -0.2) is 0 Å². The maximum Gasteiger partial charge on any atom is 0.0540 e. The average molecular weight is 231 g/mol. The van der Waals surface area contributed by atoms with Crippen molar-refractivity contribution in [3.8, 4) is 11.8 Å². The first-order valence-corrected chi connectivity index (χ1v) is 5.47. The monoisotopic (exact) mass is 230 g/mol. The van der Waals surface area contributed by atoms with Gasteiger partial charge in [0.2, 0.25) is 0 Å². The first kappa shape index (κ1) is 11.0. The third-order valence-electron chi connectivity index (χ3n) is 2.31. The van der Waals surface area contributed by atoms with Crippen LogP contribution in [0.25, 0.3) is 10.8 Å². The lowest BCUT2D eigenvalue weighted by atomic mass is 10.0. The van der Waals surface area contributed by atoms with Crippen LogP contribution < -0.4 is 0 Å². The molecule has 0 unspecified atom stereocenters. The van der Waals surface area contributed by atoms with E-state index in [1.807, 2.05) is 36.4 Å². The van der Waals surface area contributed by atoms with E-state index in [2.05, 4.69) is 11.8 Å². The highest BCUT2D eigenvalue weighted by Gasteiger charge is 2.01. The molecule has 0 spiro atoms. The van der Waals surface area contributed by atoms with Gasteiger partial charge in [-0.3, -0.25) is 0 Å². The molecule has 1 nitrogen and oxygen atoms in total. The zero-order valence-corrected chi connectivity index (χ0v) is 9.46. The summed E-state index contributed by atoms with van der Waals surface area (Å²) in [5.74, 6) is 5.95. The summed E-state index contributed by atoms with van der Waals surface area (Å²) >= 11 is 6.16. The molecule has 2 aromatic rings. The van der Waals surface area contributed by atoms with E-state index < -0.39 is 0 Å². The molecule has 0 aliphatic rings. The van der Waals surface area contributed by atoms with Crippen LogP contribution in [0.1, 0.15) is 12.0 Å². The van der Waals surface area contributed by atoms with Gasteiger partial charge < -0.3 is 5.11 Å². The van der Waals surface area contributed by atoms with Gasteiger partial charge in [0.1, 0.15) is 0 Å².